The summed E-state index contributed by atoms with van der Waals surface area (Å²) in [5, 5.41) is 7.17. The van der Waals surface area contributed by atoms with E-state index < -0.39 is 11.7 Å². The molecule has 0 unspecified atom stereocenters. The predicted molar refractivity (Wildman–Crippen MR) is 111 cm³/mol. The number of nitrogens with one attached hydrogen (secondary N) is 1. The van der Waals surface area contributed by atoms with Gasteiger partial charge in [0.15, 0.2) is 5.82 Å². The second-order valence-corrected chi connectivity index (χ2v) is 6.93. The van der Waals surface area contributed by atoms with Gasteiger partial charge in [0.1, 0.15) is 11.6 Å². The molecule has 1 aromatic heterocycles. The molecular formula is C23H18F2N4O. The van der Waals surface area contributed by atoms with Crippen molar-refractivity contribution in [3.8, 4) is 17.1 Å². The fourth-order valence-electron chi connectivity index (χ4n) is 3.01. The summed E-state index contributed by atoms with van der Waals surface area (Å²) >= 11 is 0. The van der Waals surface area contributed by atoms with Crippen molar-refractivity contribution in [1.82, 2.24) is 14.8 Å². The number of amides is 1. The van der Waals surface area contributed by atoms with Crippen LogP contribution in [0.4, 0.5) is 14.5 Å². The van der Waals surface area contributed by atoms with Gasteiger partial charge in [0.2, 0.25) is 5.82 Å². The lowest BCUT2D eigenvalue weighted by molar-refractivity contribution is 0.101. The smallest absolute Gasteiger partial charge is 0.295 e. The number of nitrogens with zero attached hydrogens (tertiary/aromatic N) is 3. The van der Waals surface area contributed by atoms with Gasteiger partial charge in [-0.25, -0.2) is 18.4 Å². The minimum atomic E-state index is -0.479. The van der Waals surface area contributed by atoms with E-state index in [0.29, 0.717) is 22.8 Å². The van der Waals surface area contributed by atoms with E-state index in [2.05, 4.69) is 15.4 Å². The van der Waals surface area contributed by atoms with Gasteiger partial charge < -0.3 is 5.32 Å². The van der Waals surface area contributed by atoms with Gasteiger partial charge in [-0.1, -0.05) is 12.1 Å². The van der Waals surface area contributed by atoms with Crippen LogP contribution < -0.4 is 5.32 Å². The van der Waals surface area contributed by atoms with Gasteiger partial charge in [-0.05, 0) is 79.6 Å². The first-order chi connectivity index (χ1) is 14.4. The van der Waals surface area contributed by atoms with Crippen molar-refractivity contribution in [3.63, 3.8) is 0 Å². The maximum Gasteiger partial charge on any atom is 0.295 e. The topological polar surface area (TPSA) is 59.8 Å². The number of halogens is 2. The largest absolute Gasteiger partial charge is 0.319 e. The number of carbonyl (C=O) groups excluding carboxylic acids is 1. The molecule has 1 heterocycles. The first kappa shape index (κ1) is 19.4. The molecule has 0 aliphatic rings. The van der Waals surface area contributed by atoms with Crippen LogP contribution in [0.2, 0.25) is 0 Å². The van der Waals surface area contributed by atoms with Crippen LogP contribution in [0.1, 0.15) is 21.7 Å². The van der Waals surface area contributed by atoms with Crippen LogP contribution in [-0.2, 0) is 0 Å². The summed E-state index contributed by atoms with van der Waals surface area (Å²) in [6, 6.07) is 17.1. The van der Waals surface area contributed by atoms with E-state index in [1.54, 1.807) is 12.1 Å². The summed E-state index contributed by atoms with van der Waals surface area (Å²) in [6.07, 6.45) is 0. The van der Waals surface area contributed by atoms with Crippen molar-refractivity contribution >= 4 is 11.6 Å². The molecule has 0 saturated carbocycles. The third-order valence-electron chi connectivity index (χ3n) is 4.63. The Morgan fingerprint density at radius 2 is 1.53 bits per heavy atom. The number of benzene rings is 3. The van der Waals surface area contributed by atoms with E-state index in [1.807, 2.05) is 32.0 Å². The Morgan fingerprint density at radius 3 is 2.20 bits per heavy atom. The Labute approximate surface area is 172 Å². The van der Waals surface area contributed by atoms with Crippen molar-refractivity contribution in [2.24, 2.45) is 0 Å². The van der Waals surface area contributed by atoms with Crippen molar-refractivity contribution in [2.75, 3.05) is 5.32 Å². The summed E-state index contributed by atoms with van der Waals surface area (Å²) < 4.78 is 28.2. The van der Waals surface area contributed by atoms with E-state index in [4.69, 9.17) is 0 Å². The summed E-state index contributed by atoms with van der Waals surface area (Å²) in [5.41, 5.74) is 3.67. The van der Waals surface area contributed by atoms with Crippen LogP contribution >= 0.6 is 0 Å². The minimum Gasteiger partial charge on any atom is -0.319 e. The Kier molecular flexibility index (Phi) is 5.10. The highest BCUT2D eigenvalue weighted by molar-refractivity contribution is 6.02. The van der Waals surface area contributed by atoms with Crippen LogP contribution in [0, 0.1) is 25.5 Å². The molecule has 3 aromatic carbocycles. The normalized spacial score (nSPS) is 10.8. The van der Waals surface area contributed by atoms with Gasteiger partial charge in [0.05, 0.1) is 5.69 Å². The Hall–Kier alpha value is -3.87. The van der Waals surface area contributed by atoms with Gasteiger partial charge in [0.25, 0.3) is 5.91 Å². The zero-order valence-electron chi connectivity index (χ0n) is 16.4. The predicted octanol–water partition coefficient (Wildman–Crippen LogP) is 5.08. The first-order valence-electron chi connectivity index (χ1n) is 9.28. The summed E-state index contributed by atoms with van der Waals surface area (Å²) in [5.74, 6) is -0.977. The van der Waals surface area contributed by atoms with Gasteiger partial charge in [-0.2, -0.15) is 0 Å². The Morgan fingerprint density at radius 1 is 0.900 bits per heavy atom. The van der Waals surface area contributed by atoms with Crippen LogP contribution in [-0.4, -0.2) is 20.7 Å². The fraction of sp³-hybridized carbons (Fsp3) is 0.0870. The van der Waals surface area contributed by atoms with Crippen molar-refractivity contribution in [3.05, 3.63) is 95.3 Å². The molecule has 0 bridgehead atoms. The molecule has 0 aliphatic carbocycles. The maximum absolute atomic E-state index is 13.4. The molecule has 150 valence electrons. The molecular weight excluding hydrogens is 386 g/mol. The van der Waals surface area contributed by atoms with E-state index in [9.17, 15) is 13.6 Å². The van der Waals surface area contributed by atoms with E-state index in [1.165, 1.54) is 41.1 Å². The SMILES string of the molecule is Cc1ccc(C)c(NC(=O)c2nc(-c3ccc(F)cc3)n(-c3ccc(F)cc3)n2)c1. The zero-order chi connectivity index (χ0) is 21.3. The molecule has 0 fully saturated rings. The van der Waals surface area contributed by atoms with Gasteiger partial charge in [-0.15, -0.1) is 5.10 Å². The van der Waals surface area contributed by atoms with Crippen molar-refractivity contribution < 1.29 is 13.6 Å². The molecule has 4 aromatic rings. The maximum atomic E-state index is 13.4. The lowest BCUT2D eigenvalue weighted by Gasteiger charge is -2.07. The quantitative estimate of drug-likeness (QED) is 0.516. The van der Waals surface area contributed by atoms with Gasteiger partial charge >= 0.3 is 0 Å². The third-order valence-corrected chi connectivity index (χ3v) is 4.63. The summed E-state index contributed by atoms with van der Waals surface area (Å²) in [7, 11) is 0. The zero-order valence-corrected chi connectivity index (χ0v) is 16.4. The summed E-state index contributed by atoms with van der Waals surface area (Å²) in [6.45, 7) is 3.83. The molecule has 7 heteroatoms. The number of hydrogen-bond donors (Lipinski definition) is 1. The third kappa shape index (κ3) is 3.96. The molecule has 1 N–H and O–H groups in total. The minimum absolute atomic E-state index is 0.0560. The molecule has 0 radical (unpaired) electrons. The molecule has 5 nitrogen and oxygen atoms in total. The van der Waals surface area contributed by atoms with Crippen molar-refractivity contribution in [2.45, 2.75) is 13.8 Å². The van der Waals surface area contributed by atoms with Crippen LogP contribution in [0.5, 0.6) is 0 Å². The standard InChI is InChI=1S/C23H18F2N4O/c1-14-3-4-15(2)20(13-14)26-23(30)21-27-22(16-5-7-17(24)8-6-16)29(28-21)19-11-9-18(25)10-12-19/h3-13H,1-2H3,(H,26,30). The van der Waals surface area contributed by atoms with Crippen LogP contribution in [0.3, 0.4) is 0 Å². The highest BCUT2D eigenvalue weighted by Crippen LogP contribution is 2.23. The molecule has 30 heavy (non-hydrogen) atoms. The second-order valence-electron chi connectivity index (χ2n) is 6.93. The highest BCUT2D eigenvalue weighted by atomic mass is 19.1. The lowest BCUT2D eigenvalue weighted by Crippen LogP contribution is -2.15. The molecule has 0 aliphatic heterocycles. The molecule has 0 spiro atoms. The number of aryl methyl sites for hydroxylation is 2. The molecule has 0 saturated heterocycles. The van der Waals surface area contributed by atoms with E-state index in [0.717, 1.165) is 11.1 Å². The van der Waals surface area contributed by atoms with Crippen LogP contribution in [0.15, 0.2) is 66.7 Å². The molecule has 4 rings (SSSR count). The van der Waals surface area contributed by atoms with Crippen LogP contribution in [0.25, 0.3) is 17.1 Å². The van der Waals surface area contributed by atoms with Crippen molar-refractivity contribution in [1.29, 1.82) is 0 Å². The summed E-state index contributed by atoms with van der Waals surface area (Å²) in [4.78, 5) is 17.2. The van der Waals surface area contributed by atoms with E-state index in [-0.39, 0.29) is 11.6 Å². The van der Waals surface area contributed by atoms with Gasteiger partial charge in [0, 0.05) is 11.3 Å². The van der Waals surface area contributed by atoms with Gasteiger partial charge in [-0.3, -0.25) is 4.79 Å². The number of carbonyl (C=O) groups is 1. The lowest BCUT2D eigenvalue weighted by atomic mass is 10.1. The average molecular weight is 404 g/mol. The number of hydrogen-bond acceptors (Lipinski definition) is 3. The monoisotopic (exact) mass is 404 g/mol. The van der Waals surface area contributed by atoms with E-state index >= 15 is 0 Å². The highest BCUT2D eigenvalue weighted by Gasteiger charge is 2.19. The first-order valence-corrected chi connectivity index (χ1v) is 9.28. The number of anilines is 1. The fourth-order valence-corrected chi connectivity index (χ4v) is 3.01. The second kappa shape index (κ2) is 7.87. The number of rotatable bonds is 4. The Bertz CT molecular complexity index is 1150. The average Bonchev–Trinajstić information content (AvgIpc) is 3.17. The Balaban J connectivity index is 1.76. The number of aromatic nitrogens is 3. The molecule has 0 atom stereocenters. The molecule has 1 amide bonds.